The number of anilines is 1. The summed E-state index contributed by atoms with van der Waals surface area (Å²) in [5.74, 6) is 0. The molecule has 0 amide bonds. The summed E-state index contributed by atoms with van der Waals surface area (Å²) in [5.41, 5.74) is 3.35. The quantitative estimate of drug-likeness (QED) is 0.855. The zero-order chi connectivity index (χ0) is 15.6. The third kappa shape index (κ3) is 3.57. The molecule has 0 atom stereocenters. The van der Waals surface area contributed by atoms with Crippen molar-refractivity contribution in [2.45, 2.75) is 20.4 Å². The van der Waals surface area contributed by atoms with E-state index in [0.717, 1.165) is 22.4 Å². The van der Waals surface area contributed by atoms with E-state index in [1.54, 1.807) is 6.07 Å². The molecule has 0 aliphatic rings. The zero-order valence-electron chi connectivity index (χ0n) is 12.3. The Kier molecular flexibility index (Phi) is 4.59. The Morgan fingerprint density at radius 3 is 2.10 bits per heavy atom. The molecule has 0 aromatic heterocycles. The minimum Gasteiger partial charge on any atom is -0.265 e. The molecule has 0 bridgehead atoms. The summed E-state index contributed by atoms with van der Waals surface area (Å²) in [6.07, 6.45) is 1.22. The smallest absolute Gasteiger partial charge is 0.232 e. The number of hydrogen-bond acceptors (Lipinski definition) is 2. The lowest BCUT2D eigenvalue weighted by atomic mass is 10.1. The van der Waals surface area contributed by atoms with E-state index >= 15 is 0 Å². The molecule has 2 rings (SSSR count). The minimum atomic E-state index is -3.40. The van der Waals surface area contributed by atoms with Crippen molar-refractivity contribution in [3.05, 3.63) is 64.2 Å². The van der Waals surface area contributed by atoms with E-state index in [-0.39, 0.29) is 6.54 Å². The summed E-state index contributed by atoms with van der Waals surface area (Å²) in [5, 5.41) is 0.567. The predicted molar refractivity (Wildman–Crippen MR) is 88.4 cm³/mol. The van der Waals surface area contributed by atoms with Crippen LogP contribution in [-0.4, -0.2) is 14.7 Å². The van der Waals surface area contributed by atoms with Gasteiger partial charge in [0.05, 0.1) is 18.5 Å². The Morgan fingerprint density at radius 2 is 1.57 bits per heavy atom. The number of para-hydroxylation sites is 1. The molecule has 0 aliphatic carbocycles. The third-order valence-corrected chi connectivity index (χ3v) is 4.84. The standard InChI is InChI=1S/C16H18ClNO2S/c1-12-7-6-8-13(2)16(12)18(21(3,19)20)11-14-9-4-5-10-15(14)17/h4-10H,11H2,1-3H3. The van der Waals surface area contributed by atoms with Gasteiger partial charge in [-0.25, -0.2) is 8.42 Å². The van der Waals surface area contributed by atoms with Gasteiger partial charge in [-0.05, 0) is 36.6 Å². The van der Waals surface area contributed by atoms with E-state index in [1.165, 1.54) is 10.6 Å². The Labute approximate surface area is 131 Å². The maximum atomic E-state index is 12.2. The summed E-state index contributed by atoms with van der Waals surface area (Å²) >= 11 is 6.16. The van der Waals surface area contributed by atoms with Gasteiger partial charge in [-0.15, -0.1) is 0 Å². The summed E-state index contributed by atoms with van der Waals surface area (Å²) < 4.78 is 25.9. The first-order chi connectivity index (χ1) is 9.80. The monoisotopic (exact) mass is 323 g/mol. The fraction of sp³-hybridized carbons (Fsp3) is 0.250. The molecular formula is C16H18ClNO2S. The van der Waals surface area contributed by atoms with Crippen LogP contribution in [0.1, 0.15) is 16.7 Å². The first kappa shape index (κ1) is 15.9. The van der Waals surface area contributed by atoms with Gasteiger partial charge in [-0.1, -0.05) is 48.0 Å². The molecule has 112 valence electrons. The van der Waals surface area contributed by atoms with Crippen molar-refractivity contribution in [2.75, 3.05) is 10.6 Å². The second-order valence-electron chi connectivity index (χ2n) is 5.10. The van der Waals surface area contributed by atoms with Gasteiger partial charge in [0.2, 0.25) is 10.0 Å². The van der Waals surface area contributed by atoms with Gasteiger partial charge >= 0.3 is 0 Å². The molecule has 5 heteroatoms. The van der Waals surface area contributed by atoms with Crippen molar-refractivity contribution >= 4 is 27.3 Å². The number of aryl methyl sites for hydroxylation is 2. The molecule has 0 fully saturated rings. The minimum absolute atomic E-state index is 0.226. The van der Waals surface area contributed by atoms with Crippen LogP contribution in [0.4, 0.5) is 5.69 Å². The van der Waals surface area contributed by atoms with Crippen molar-refractivity contribution < 1.29 is 8.42 Å². The van der Waals surface area contributed by atoms with Crippen molar-refractivity contribution in [1.29, 1.82) is 0 Å². The summed E-state index contributed by atoms with van der Waals surface area (Å²) in [6.45, 7) is 4.05. The molecule has 0 spiro atoms. The lowest BCUT2D eigenvalue weighted by Gasteiger charge is -2.26. The normalized spacial score (nSPS) is 11.4. The zero-order valence-corrected chi connectivity index (χ0v) is 13.9. The van der Waals surface area contributed by atoms with Crippen LogP contribution in [0.5, 0.6) is 0 Å². The largest absolute Gasteiger partial charge is 0.265 e. The number of hydrogen-bond donors (Lipinski definition) is 0. The summed E-state index contributed by atoms with van der Waals surface area (Å²) in [6, 6.07) is 13.0. The van der Waals surface area contributed by atoms with Gasteiger partial charge in [0, 0.05) is 5.02 Å². The maximum Gasteiger partial charge on any atom is 0.232 e. The molecule has 0 saturated carbocycles. The van der Waals surface area contributed by atoms with Crippen molar-refractivity contribution in [2.24, 2.45) is 0 Å². The maximum absolute atomic E-state index is 12.2. The fourth-order valence-corrected chi connectivity index (χ4v) is 3.53. The number of benzene rings is 2. The molecule has 0 N–H and O–H groups in total. The highest BCUT2D eigenvalue weighted by Gasteiger charge is 2.22. The van der Waals surface area contributed by atoms with Crippen LogP contribution in [-0.2, 0) is 16.6 Å². The van der Waals surface area contributed by atoms with Crippen LogP contribution in [0.25, 0.3) is 0 Å². The molecule has 0 aliphatic heterocycles. The molecule has 0 heterocycles. The van der Waals surface area contributed by atoms with Crippen molar-refractivity contribution in [3.63, 3.8) is 0 Å². The lowest BCUT2D eigenvalue weighted by Crippen LogP contribution is -2.30. The van der Waals surface area contributed by atoms with E-state index in [2.05, 4.69) is 0 Å². The van der Waals surface area contributed by atoms with Crippen molar-refractivity contribution in [1.82, 2.24) is 0 Å². The molecule has 2 aromatic carbocycles. The second-order valence-corrected chi connectivity index (χ2v) is 7.42. The fourth-order valence-electron chi connectivity index (χ4n) is 2.34. The number of halogens is 1. The lowest BCUT2D eigenvalue weighted by molar-refractivity contribution is 0.596. The van der Waals surface area contributed by atoms with Crippen LogP contribution >= 0.6 is 11.6 Å². The molecular weight excluding hydrogens is 306 g/mol. The Morgan fingerprint density at radius 1 is 1.00 bits per heavy atom. The first-order valence-electron chi connectivity index (χ1n) is 6.58. The summed E-state index contributed by atoms with van der Waals surface area (Å²) in [7, 11) is -3.40. The summed E-state index contributed by atoms with van der Waals surface area (Å²) in [4.78, 5) is 0. The number of rotatable bonds is 4. The SMILES string of the molecule is Cc1cccc(C)c1N(Cc1ccccc1Cl)S(C)(=O)=O. The van der Waals surface area contributed by atoms with Gasteiger partial charge in [0.1, 0.15) is 0 Å². The Balaban J connectivity index is 2.54. The second kappa shape index (κ2) is 6.08. The van der Waals surface area contributed by atoms with Crippen LogP contribution in [0.2, 0.25) is 5.02 Å². The average Bonchev–Trinajstić information content (AvgIpc) is 2.38. The average molecular weight is 324 g/mol. The van der Waals surface area contributed by atoms with E-state index in [1.807, 2.05) is 50.2 Å². The first-order valence-corrected chi connectivity index (χ1v) is 8.80. The predicted octanol–water partition coefficient (Wildman–Crippen LogP) is 3.92. The topological polar surface area (TPSA) is 37.4 Å². The van der Waals surface area contributed by atoms with Crippen LogP contribution in [0.3, 0.4) is 0 Å². The van der Waals surface area contributed by atoms with Gasteiger partial charge in [-0.3, -0.25) is 4.31 Å². The highest BCUT2D eigenvalue weighted by Crippen LogP contribution is 2.29. The van der Waals surface area contributed by atoms with Crippen LogP contribution in [0, 0.1) is 13.8 Å². The molecule has 2 aromatic rings. The highest BCUT2D eigenvalue weighted by atomic mass is 35.5. The molecule has 0 saturated heterocycles. The molecule has 0 radical (unpaired) electrons. The van der Waals surface area contributed by atoms with Crippen molar-refractivity contribution in [3.8, 4) is 0 Å². The van der Waals surface area contributed by atoms with E-state index in [9.17, 15) is 8.42 Å². The third-order valence-electron chi connectivity index (χ3n) is 3.36. The van der Waals surface area contributed by atoms with Gasteiger partial charge in [0.15, 0.2) is 0 Å². The Bertz CT molecular complexity index is 736. The molecule has 3 nitrogen and oxygen atoms in total. The van der Waals surface area contributed by atoms with Gasteiger partial charge in [-0.2, -0.15) is 0 Å². The van der Waals surface area contributed by atoms with Gasteiger partial charge in [0.25, 0.3) is 0 Å². The Hall–Kier alpha value is -1.52. The number of sulfonamides is 1. The van der Waals surface area contributed by atoms with E-state index in [0.29, 0.717) is 5.02 Å². The van der Waals surface area contributed by atoms with E-state index in [4.69, 9.17) is 11.6 Å². The molecule has 21 heavy (non-hydrogen) atoms. The van der Waals surface area contributed by atoms with E-state index < -0.39 is 10.0 Å². The number of nitrogens with zero attached hydrogens (tertiary/aromatic N) is 1. The highest BCUT2D eigenvalue weighted by molar-refractivity contribution is 7.92. The van der Waals surface area contributed by atoms with Gasteiger partial charge < -0.3 is 0 Å². The molecule has 0 unspecified atom stereocenters. The van der Waals surface area contributed by atoms with Crippen LogP contribution in [0.15, 0.2) is 42.5 Å². The van der Waals surface area contributed by atoms with Crippen LogP contribution < -0.4 is 4.31 Å².